The highest BCUT2D eigenvalue weighted by atomic mass is 35.5. The lowest BCUT2D eigenvalue weighted by Crippen LogP contribution is -2.14. The van der Waals surface area contributed by atoms with Crippen LogP contribution in [0.15, 0.2) is 41.3 Å². The molecule has 0 spiro atoms. The Morgan fingerprint density at radius 2 is 1.89 bits per heavy atom. The third-order valence-electron chi connectivity index (χ3n) is 3.30. The predicted octanol–water partition coefficient (Wildman–Crippen LogP) is 2.95. The molecule has 11 heteroatoms. The van der Waals surface area contributed by atoms with Crippen LogP contribution in [-0.2, 0) is 21.4 Å². The van der Waals surface area contributed by atoms with Crippen LogP contribution in [0.1, 0.15) is 15.9 Å². The van der Waals surface area contributed by atoms with Crippen molar-refractivity contribution in [1.29, 1.82) is 0 Å². The molecule has 0 unspecified atom stereocenters. The van der Waals surface area contributed by atoms with E-state index in [-0.39, 0.29) is 33.6 Å². The molecule has 2 N–H and O–H groups in total. The molecule has 0 fully saturated rings. The Balaban J connectivity index is 2.16. The second kappa shape index (κ2) is 8.51. The first-order valence-electron chi connectivity index (χ1n) is 7.23. The molecule has 0 radical (unpaired) electrons. The maximum atomic E-state index is 12.3. The van der Waals surface area contributed by atoms with E-state index in [1.54, 1.807) is 0 Å². The lowest BCUT2D eigenvalue weighted by atomic mass is 10.2. The van der Waals surface area contributed by atoms with E-state index in [2.05, 4.69) is 4.74 Å². The van der Waals surface area contributed by atoms with Crippen LogP contribution < -0.4 is 14.6 Å². The number of primary sulfonamides is 1. The third kappa shape index (κ3) is 5.52. The molecule has 0 saturated heterocycles. The molecule has 0 bridgehead atoms. The van der Waals surface area contributed by atoms with Gasteiger partial charge in [-0.15, -0.1) is 0 Å². The molecule has 0 aliphatic carbocycles. The molecule has 2 aromatic rings. The average Bonchev–Trinajstić information content (AvgIpc) is 2.59. The van der Waals surface area contributed by atoms with Gasteiger partial charge in [0.1, 0.15) is 6.61 Å². The van der Waals surface area contributed by atoms with E-state index in [0.717, 1.165) is 12.1 Å². The van der Waals surface area contributed by atoms with Crippen LogP contribution in [0.5, 0.6) is 11.5 Å². The highest BCUT2D eigenvalue weighted by Gasteiger charge is 2.18. The van der Waals surface area contributed by atoms with E-state index in [9.17, 15) is 22.0 Å². The summed E-state index contributed by atoms with van der Waals surface area (Å²) in [7, 11) is -2.76. The number of methoxy groups -OCH3 is 1. The van der Waals surface area contributed by atoms with Gasteiger partial charge in [-0.25, -0.2) is 18.4 Å². The molecule has 0 amide bonds. The normalized spacial score (nSPS) is 11.3. The zero-order chi connectivity index (χ0) is 20.2. The lowest BCUT2D eigenvalue weighted by Gasteiger charge is -2.12. The van der Waals surface area contributed by atoms with Gasteiger partial charge in [0.2, 0.25) is 10.0 Å². The van der Waals surface area contributed by atoms with Crippen molar-refractivity contribution in [3.8, 4) is 11.5 Å². The molecule has 0 heterocycles. The number of hydrogen-bond donors (Lipinski definition) is 1. The van der Waals surface area contributed by atoms with Crippen molar-refractivity contribution in [2.75, 3.05) is 7.11 Å². The van der Waals surface area contributed by atoms with E-state index in [1.807, 2.05) is 0 Å². The fraction of sp³-hybridized carbons (Fsp3) is 0.188. The Hall–Kier alpha value is -2.43. The topological polar surface area (TPSA) is 105 Å². The number of esters is 1. The third-order valence-corrected chi connectivity index (χ3v) is 4.54. The van der Waals surface area contributed by atoms with Gasteiger partial charge < -0.3 is 14.2 Å². The molecule has 2 rings (SSSR count). The van der Waals surface area contributed by atoms with Crippen LogP contribution in [-0.4, -0.2) is 28.1 Å². The number of rotatable bonds is 7. The largest absolute Gasteiger partial charge is 0.493 e. The van der Waals surface area contributed by atoms with Gasteiger partial charge in [-0.2, -0.15) is 8.78 Å². The van der Waals surface area contributed by atoms with Crippen LogP contribution in [0.25, 0.3) is 0 Å². The number of alkyl halides is 2. The minimum absolute atomic E-state index is 0.0225. The van der Waals surface area contributed by atoms with E-state index in [1.165, 1.54) is 31.4 Å². The summed E-state index contributed by atoms with van der Waals surface area (Å²) in [5, 5.41) is 5.00. The van der Waals surface area contributed by atoms with Crippen LogP contribution >= 0.6 is 11.6 Å². The van der Waals surface area contributed by atoms with Crippen molar-refractivity contribution in [2.45, 2.75) is 18.1 Å². The van der Waals surface area contributed by atoms with Gasteiger partial charge in [-0.05, 0) is 35.9 Å². The Morgan fingerprint density at radius 1 is 1.19 bits per heavy atom. The highest BCUT2D eigenvalue weighted by Crippen LogP contribution is 2.30. The van der Waals surface area contributed by atoms with Crippen LogP contribution in [0.4, 0.5) is 8.78 Å². The summed E-state index contributed by atoms with van der Waals surface area (Å²) in [4.78, 5) is 11.9. The zero-order valence-corrected chi connectivity index (χ0v) is 15.4. The van der Waals surface area contributed by atoms with Crippen molar-refractivity contribution < 1.29 is 36.2 Å². The molecule has 0 saturated carbocycles. The summed E-state index contributed by atoms with van der Waals surface area (Å²) in [5.41, 5.74) is 0.230. The summed E-state index contributed by atoms with van der Waals surface area (Å²) in [6, 6.07) is 7.35. The molecular formula is C16H14ClF2NO6S. The number of benzene rings is 2. The minimum Gasteiger partial charge on any atom is -0.493 e. The number of carbonyl (C=O) groups is 1. The fourth-order valence-corrected chi connectivity index (χ4v) is 2.79. The minimum atomic E-state index is -4.02. The SMILES string of the molecule is COc1cc(COC(=O)c2cc(S(N)(=O)=O)ccc2Cl)ccc1OC(F)F. The second-order valence-corrected chi connectivity index (χ2v) is 7.10. The molecule has 0 aromatic heterocycles. The van der Waals surface area contributed by atoms with Gasteiger partial charge in [-0.1, -0.05) is 17.7 Å². The molecular weight excluding hydrogens is 408 g/mol. The fourth-order valence-electron chi connectivity index (χ4n) is 2.06. The van der Waals surface area contributed by atoms with Crippen molar-refractivity contribution in [3.63, 3.8) is 0 Å². The summed E-state index contributed by atoms with van der Waals surface area (Å²) < 4.78 is 61.7. The summed E-state index contributed by atoms with van der Waals surface area (Å²) in [6.45, 7) is -3.27. The molecule has 0 aliphatic heterocycles. The Bertz CT molecular complexity index is 952. The maximum Gasteiger partial charge on any atom is 0.387 e. The van der Waals surface area contributed by atoms with Crippen LogP contribution in [0.3, 0.4) is 0 Å². The molecule has 0 aliphatic rings. The van der Waals surface area contributed by atoms with Crippen molar-refractivity contribution in [1.82, 2.24) is 0 Å². The molecule has 146 valence electrons. The van der Waals surface area contributed by atoms with Crippen molar-refractivity contribution in [3.05, 3.63) is 52.5 Å². The first-order valence-corrected chi connectivity index (χ1v) is 9.15. The van der Waals surface area contributed by atoms with Gasteiger partial charge in [0, 0.05) is 0 Å². The van der Waals surface area contributed by atoms with Crippen molar-refractivity contribution >= 4 is 27.6 Å². The Labute approximate surface area is 158 Å². The van der Waals surface area contributed by atoms with Gasteiger partial charge in [0.25, 0.3) is 0 Å². The number of sulfonamides is 1. The van der Waals surface area contributed by atoms with Gasteiger partial charge in [-0.3, -0.25) is 0 Å². The Kier molecular flexibility index (Phi) is 6.58. The van der Waals surface area contributed by atoms with E-state index in [4.69, 9.17) is 26.2 Å². The maximum absolute atomic E-state index is 12.3. The van der Waals surface area contributed by atoms with E-state index in [0.29, 0.717) is 5.56 Å². The molecule has 0 atom stereocenters. The summed E-state index contributed by atoms with van der Waals surface area (Å²) >= 11 is 5.90. The first kappa shape index (κ1) is 20.9. The Morgan fingerprint density at radius 3 is 2.48 bits per heavy atom. The van der Waals surface area contributed by atoms with E-state index >= 15 is 0 Å². The molecule has 2 aromatic carbocycles. The lowest BCUT2D eigenvalue weighted by molar-refractivity contribution is -0.0512. The second-order valence-electron chi connectivity index (χ2n) is 5.13. The number of ether oxygens (including phenoxy) is 3. The predicted molar refractivity (Wildman–Crippen MR) is 91.6 cm³/mol. The molecule has 7 nitrogen and oxygen atoms in total. The first-order chi connectivity index (χ1) is 12.6. The van der Waals surface area contributed by atoms with Crippen LogP contribution in [0.2, 0.25) is 5.02 Å². The van der Waals surface area contributed by atoms with Gasteiger partial charge >= 0.3 is 12.6 Å². The summed E-state index contributed by atoms with van der Waals surface area (Å²) in [6.07, 6.45) is 0. The molecule has 27 heavy (non-hydrogen) atoms. The number of carbonyl (C=O) groups excluding carboxylic acids is 1. The van der Waals surface area contributed by atoms with E-state index < -0.39 is 22.6 Å². The monoisotopic (exact) mass is 421 g/mol. The number of hydrogen-bond acceptors (Lipinski definition) is 6. The van der Waals surface area contributed by atoms with Crippen LogP contribution in [0, 0.1) is 0 Å². The average molecular weight is 422 g/mol. The zero-order valence-electron chi connectivity index (χ0n) is 13.8. The number of nitrogens with two attached hydrogens (primary N) is 1. The smallest absolute Gasteiger partial charge is 0.387 e. The number of halogens is 3. The van der Waals surface area contributed by atoms with Gasteiger partial charge in [0.05, 0.1) is 22.6 Å². The summed E-state index contributed by atoms with van der Waals surface area (Å²) in [5.74, 6) is -1.04. The quantitative estimate of drug-likeness (QED) is 0.689. The highest BCUT2D eigenvalue weighted by molar-refractivity contribution is 7.89. The van der Waals surface area contributed by atoms with Crippen molar-refractivity contribution in [2.24, 2.45) is 5.14 Å². The van der Waals surface area contributed by atoms with Gasteiger partial charge in [0.15, 0.2) is 11.5 Å². The standard InChI is InChI=1S/C16H14ClF2NO6S/c1-24-14-6-9(2-5-13(14)26-16(18)19)8-25-15(21)11-7-10(27(20,22)23)3-4-12(11)17/h2-7,16H,8H2,1H3,(H2,20,22,23).